The molecule has 2 rings (SSSR count). The Hall–Kier alpha value is -0.870. The zero-order valence-corrected chi connectivity index (χ0v) is 8.48. The van der Waals surface area contributed by atoms with Crippen molar-refractivity contribution in [3.8, 4) is 0 Å². The Kier molecular flexibility index (Phi) is 4.10. The van der Waals surface area contributed by atoms with Crippen molar-refractivity contribution in [1.82, 2.24) is 10.3 Å². The van der Waals surface area contributed by atoms with Crippen molar-refractivity contribution in [1.29, 1.82) is 0 Å². The predicted octanol–water partition coefficient (Wildman–Crippen LogP) is 1.42. The van der Waals surface area contributed by atoms with Crippen molar-refractivity contribution in [2.75, 3.05) is 18.4 Å². The van der Waals surface area contributed by atoms with Crippen LogP contribution < -0.4 is 10.6 Å². The summed E-state index contributed by atoms with van der Waals surface area (Å²) < 4.78 is 12.4. The maximum absolute atomic E-state index is 12.4. The number of rotatable bonds is 2. The molecule has 1 aliphatic heterocycles. The van der Waals surface area contributed by atoms with Gasteiger partial charge in [0.15, 0.2) is 0 Å². The summed E-state index contributed by atoms with van der Waals surface area (Å²) in [6.45, 7) is 2.02. The quantitative estimate of drug-likeness (QED) is 0.736. The lowest BCUT2D eigenvalue weighted by atomic mass is 10.2. The Bertz CT molecular complexity index is 272. The molecule has 0 radical (unpaired) electrons. The highest BCUT2D eigenvalue weighted by Crippen LogP contribution is 2.10. The fourth-order valence-electron chi connectivity index (χ4n) is 1.47. The second-order valence-electron chi connectivity index (χ2n) is 3.20. The van der Waals surface area contributed by atoms with Gasteiger partial charge in [-0.25, -0.2) is 4.98 Å². The summed E-state index contributed by atoms with van der Waals surface area (Å²) in [6.07, 6.45) is 2.63. The molecule has 0 aliphatic carbocycles. The number of pyridine rings is 1. The lowest BCUT2D eigenvalue weighted by molar-refractivity contribution is 0.584. The van der Waals surface area contributed by atoms with E-state index in [1.165, 1.54) is 12.3 Å². The minimum atomic E-state index is -0.435. The lowest BCUT2D eigenvalue weighted by Gasteiger charge is -2.11. The summed E-state index contributed by atoms with van der Waals surface area (Å²) in [4.78, 5) is 3.57. The summed E-state index contributed by atoms with van der Waals surface area (Å²) in [5, 5.41) is 6.52. The zero-order valence-electron chi connectivity index (χ0n) is 7.66. The summed E-state index contributed by atoms with van der Waals surface area (Å²) in [5.41, 5.74) is 0.884. The molecule has 3 nitrogen and oxygen atoms in total. The molecule has 5 heteroatoms. The SMILES string of the molecule is Cl.Fc1ccc(NC2CCNC2)cn1. The molecular formula is C9H13ClFN3. The highest BCUT2D eigenvalue weighted by atomic mass is 35.5. The van der Waals surface area contributed by atoms with E-state index < -0.39 is 5.95 Å². The van der Waals surface area contributed by atoms with Crippen LogP contribution in [0.3, 0.4) is 0 Å². The maximum atomic E-state index is 12.4. The molecule has 0 spiro atoms. The zero-order chi connectivity index (χ0) is 9.10. The molecule has 1 saturated heterocycles. The normalized spacial score (nSPS) is 20.2. The van der Waals surface area contributed by atoms with E-state index >= 15 is 0 Å². The van der Waals surface area contributed by atoms with Gasteiger partial charge >= 0.3 is 0 Å². The Morgan fingerprint density at radius 3 is 2.93 bits per heavy atom. The molecule has 0 bridgehead atoms. The van der Waals surface area contributed by atoms with Crippen molar-refractivity contribution < 1.29 is 4.39 Å². The molecular weight excluding hydrogens is 205 g/mol. The number of halogens is 2. The number of nitrogens with zero attached hydrogens (tertiary/aromatic N) is 1. The van der Waals surface area contributed by atoms with Gasteiger partial charge in [-0.3, -0.25) is 0 Å². The van der Waals surface area contributed by atoms with Crippen LogP contribution in [0.15, 0.2) is 18.3 Å². The average molecular weight is 218 g/mol. The van der Waals surface area contributed by atoms with Crippen LogP contribution in [0.1, 0.15) is 6.42 Å². The molecule has 1 aliphatic rings. The number of aromatic nitrogens is 1. The molecule has 2 heterocycles. The van der Waals surface area contributed by atoms with Gasteiger partial charge in [-0.05, 0) is 25.1 Å². The first-order chi connectivity index (χ1) is 6.34. The molecule has 1 atom stereocenters. The first kappa shape index (κ1) is 11.2. The molecule has 2 N–H and O–H groups in total. The molecule has 14 heavy (non-hydrogen) atoms. The highest BCUT2D eigenvalue weighted by Gasteiger charge is 2.13. The molecule has 1 aromatic heterocycles. The minimum Gasteiger partial charge on any atom is -0.380 e. The first-order valence-electron chi connectivity index (χ1n) is 4.43. The van der Waals surface area contributed by atoms with Gasteiger partial charge in [0.25, 0.3) is 0 Å². The molecule has 1 aromatic rings. The Morgan fingerprint density at radius 1 is 1.50 bits per heavy atom. The lowest BCUT2D eigenvalue weighted by Crippen LogP contribution is -2.22. The van der Waals surface area contributed by atoms with Gasteiger partial charge in [0, 0.05) is 12.6 Å². The maximum Gasteiger partial charge on any atom is 0.212 e. The van der Waals surface area contributed by atoms with Crippen LogP contribution in [0.2, 0.25) is 0 Å². The number of anilines is 1. The third-order valence-corrected chi connectivity index (χ3v) is 2.16. The molecule has 1 unspecified atom stereocenters. The van der Waals surface area contributed by atoms with Crippen molar-refractivity contribution in [3.63, 3.8) is 0 Å². The largest absolute Gasteiger partial charge is 0.380 e. The second kappa shape index (κ2) is 5.12. The third kappa shape index (κ3) is 2.82. The second-order valence-corrected chi connectivity index (χ2v) is 3.20. The van der Waals surface area contributed by atoms with E-state index in [0.29, 0.717) is 6.04 Å². The third-order valence-electron chi connectivity index (χ3n) is 2.16. The van der Waals surface area contributed by atoms with Gasteiger partial charge in [0.05, 0.1) is 11.9 Å². The summed E-state index contributed by atoms with van der Waals surface area (Å²) in [7, 11) is 0. The fourth-order valence-corrected chi connectivity index (χ4v) is 1.47. The van der Waals surface area contributed by atoms with Gasteiger partial charge in [0.2, 0.25) is 5.95 Å². The Labute approximate surface area is 88.5 Å². The Morgan fingerprint density at radius 2 is 2.36 bits per heavy atom. The summed E-state index contributed by atoms with van der Waals surface area (Å²) in [5.74, 6) is -0.435. The molecule has 1 fully saturated rings. The van der Waals surface area contributed by atoms with Crippen LogP contribution in [0.5, 0.6) is 0 Å². The van der Waals surface area contributed by atoms with E-state index in [2.05, 4.69) is 15.6 Å². The van der Waals surface area contributed by atoms with Crippen LogP contribution >= 0.6 is 12.4 Å². The van der Waals surface area contributed by atoms with E-state index in [1.807, 2.05) is 0 Å². The smallest absolute Gasteiger partial charge is 0.212 e. The molecule has 0 aromatic carbocycles. The van der Waals surface area contributed by atoms with Gasteiger partial charge in [-0.2, -0.15) is 4.39 Å². The molecule has 78 valence electrons. The van der Waals surface area contributed by atoms with Crippen molar-refractivity contribution in [3.05, 3.63) is 24.3 Å². The van der Waals surface area contributed by atoms with E-state index in [0.717, 1.165) is 25.2 Å². The molecule has 0 amide bonds. The fraction of sp³-hybridized carbons (Fsp3) is 0.444. The van der Waals surface area contributed by atoms with Crippen LogP contribution in [0, 0.1) is 5.95 Å². The standard InChI is InChI=1S/C9H12FN3.ClH/c10-9-2-1-7(6-12-9)13-8-3-4-11-5-8;/h1-2,6,8,11,13H,3-5H2;1H. The van der Waals surface area contributed by atoms with E-state index in [9.17, 15) is 4.39 Å². The van der Waals surface area contributed by atoms with E-state index in [4.69, 9.17) is 0 Å². The van der Waals surface area contributed by atoms with Crippen molar-refractivity contribution >= 4 is 18.1 Å². The predicted molar refractivity (Wildman–Crippen MR) is 56.3 cm³/mol. The average Bonchev–Trinajstić information content (AvgIpc) is 2.62. The van der Waals surface area contributed by atoms with Gasteiger partial charge < -0.3 is 10.6 Å². The number of hydrogen-bond acceptors (Lipinski definition) is 3. The summed E-state index contributed by atoms with van der Waals surface area (Å²) >= 11 is 0. The minimum absolute atomic E-state index is 0. The highest BCUT2D eigenvalue weighted by molar-refractivity contribution is 5.85. The topological polar surface area (TPSA) is 37.0 Å². The summed E-state index contributed by atoms with van der Waals surface area (Å²) in [6, 6.07) is 3.53. The molecule has 0 saturated carbocycles. The van der Waals surface area contributed by atoms with Crippen molar-refractivity contribution in [2.45, 2.75) is 12.5 Å². The van der Waals surface area contributed by atoms with Crippen molar-refractivity contribution in [2.24, 2.45) is 0 Å². The van der Waals surface area contributed by atoms with Gasteiger partial charge in [-0.1, -0.05) is 0 Å². The van der Waals surface area contributed by atoms with E-state index in [1.54, 1.807) is 6.07 Å². The van der Waals surface area contributed by atoms with Crippen LogP contribution in [0.25, 0.3) is 0 Å². The first-order valence-corrected chi connectivity index (χ1v) is 4.43. The van der Waals surface area contributed by atoms with Crippen LogP contribution in [-0.2, 0) is 0 Å². The van der Waals surface area contributed by atoms with E-state index in [-0.39, 0.29) is 12.4 Å². The number of hydrogen-bond donors (Lipinski definition) is 2. The van der Waals surface area contributed by atoms with Crippen LogP contribution in [-0.4, -0.2) is 24.1 Å². The monoisotopic (exact) mass is 217 g/mol. The van der Waals surface area contributed by atoms with Crippen LogP contribution in [0.4, 0.5) is 10.1 Å². The van der Waals surface area contributed by atoms with Gasteiger partial charge in [0.1, 0.15) is 0 Å². The van der Waals surface area contributed by atoms with Gasteiger partial charge in [-0.15, -0.1) is 12.4 Å². The number of nitrogens with one attached hydrogen (secondary N) is 2. The Balaban J connectivity index is 0.000000980.